The first-order valence-corrected chi connectivity index (χ1v) is 5.19. The average molecular weight is 214 g/mol. The van der Waals surface area contributed by atoms with Gasteiger partial charge in [0.05, 0.1) is 17.6 Å². The van der Waals surface area contributed by atoms with E-state index in [1.54, 1.807) is 12.4 Å². The van der Waals surface area contributed by atoms with Crippen LogP contribution >= 0.6 is 0 Å². The highest BCUT2D eigenvalue weighted by molar-refractivity contribution is 5.34. The van der Waals surface area contributed by atoms with Gasteiger partial charge in [-0.2, -0.15) is 0 Å². The van der Waals surface area contributed by atoms with Gasteiger partial charge >= 0.3 is 0 Å². The van der Waals surface area contributed by atoms with Gasteiger partial charge in [0.1, 0.15) is 5.82 Å². The minimum atomic E-state index is 0.713. The summed E-state index contributed by atoms with van der Waals surface area (Å²) in [5.74, 6) is 0.798. The first-order chi connectivity index (χ1) is 7.75. The second kappa shape index (κ2) is 4.70. The molecule has 0 spiro atoms. The summed E-state index contributed by atoms with van der Waals surface area (Å²) >= 11 is 0. The molecule has 16 heavy (non-hydrogen) atoms. The molecule has 0 aliphatic carbocycles. The van der Waals surface area contributed by atoms with E-state index in [1.165, 1.54) is 0 Å². The third kappa shape index (κ3) is 2.53. The lowest BCUT2D eigenvalue weighted by Gasteiger charge is -2.06. The highest BCUT2D eigenvalue weighted by atomic mass is 15.0. The maximum Gasteiger partial charge on any atom is 0.145 e. The molecule has 0 aliphatic rings. The van der Waals surface area contributed by atoms with Crippen LogP contribution in [0.1, 0.15) is 17.0 Å². The van der Waals surface area contributed by atoms with Crippen molar-refractivity contribution < 1.29 is 0 Å². The van der Waals surface area contributed by atoms with Crippen LogP contribution in [0.3, 0.4) is 0 Å². The van der Waals surface area contributed by atoms with Gasteiger partial charge in [-0.05, 0) is 25.5 Å². The molecular formula is C12H14N4. The predicted octanol–water partition coefficient (Wildman–Crippen LogP) is 2.10. The molecule has 2 heterocycles. The number of aryl methyl sites for hydroxylation is 2. The molecule has 0 radical (unpaired) electrons. The summed E-state index contributed by atoms with van der Waals surface area (Å²) in [5, 5.41) is 3.22. The third-order valence-corrected chi connectivity index (χ3v) is 2.39. The van der Waals surface area contributed by atoms with Crippen molar-refractivity contribution in [1.82, 2.24) is 15.0 Å². The summed E-state index contributed by atoms with van der Waals surface area (Å²) in [7, 11) is 0. The molecule has 1 N–H and O–H groups in total. The van der Waals surface area contributed by atoms with Crippen molar-refractivity contribution in [2.45, 2.75) is 20.4 Å². The molecule has 2 rings (SSSR count). The molecule has 0 atom stereocenters. The Balaban J connectivity index is 2.03. The van der Waals surface area contributed by atoms with E-state index < -0.39 is 0 Å². The Hall–Kier alpha value is -1.97. The van der Waals surface area contributed by atoms with Gasteiger partial charge in [-0.3, -0.25) is 9.97 Å². The van der Waals surface area contributed by atoms with Crippen LogP contribution in [0.2, 0.25) is 0 Å². The van der Waals surface area contributed by atoms with Crippen LogP contribution in [0.5, 0.6) is 0 Å². The minimum Gasteiger partial charge on any atom is -0.365 e. The van der Waals surface area contributed by atoms with E-state index in [4.69, 9.17) is 0 Å². The fourth-order valence-electron chi connectivity index (χ4n) is 1.32. The van der Waals surface area contributed by atoms with Crippen LogP contribution < -0.4 is 5.32 Å². The van der Waals surface area contributed by atoms with Gasteiger partial charge in [0.2, 0.25) is 0 Å². The monoisotopic (exact) mass is 214 g/mol. The zero-order chi connectivity index (χ0) is 11.4. The van der Waals surface area contributed by atoms with Gasteiger partial charge in [-0.1, -0.05) is 6.07 Å². The van der Waals surface area contributed by atoms with E-state index >= 15 is 0 Å². The SMILES string of the molecule is Cc1ncc(NCc2cccnc2)nc1C. The fourth-order valence-corrected chi connectivity index (χ4v) is 1.32. The third-order valence-electron chi connectivity index (χ3n) is 2.39. The van der Waals surface area contributed by atoms with E-state index in [1.807, 2.05) is 32.2 Å². The van der Waals surface area contributed by atoms with Gasteiger partial charge < -0.3 is 5.32 Å². The van der Waals surface area contributed by atoms with Crippen molar-refractivity contribution in [2.24, 2.45) is 0 Å². The van der Waals surface area contributed by atoms with Crippen LogP contribution in [-0.2, 0) is 6.54 Å². The molecule has 0 aliphatic heterocycles. The van der Waals surface area contributed by atoms with Crippen molar-refractivity contribution >= 4 is 5.82 Å². The molecule has 0 amide bonds. The molecule has 0 fully saturated rings. The predicted molar refractivity (Wildman–Crippen MR) is 63.1 cm³/mol. The molecule has 2 aromatic heterocycles. The van der Waals surface area contributed by atoms with E-state index in [0.717, 1.165) is 22.8 Å². The first kappa shape index (κ1) is 10.5. The van der Waals surface area contributed by atoms with Crippen LogP contribution in [0.25, 0.3) is 0 Å². The second-order valence-electron chi connectivity index (χ2n) is 3.64. The van der Waals surface area contributed by atoms with Crippen molar-refractivity contribution in [1.29, 1.82) is 0 Å². The molecule has 4 heteroatoms. The van der Waals surface area contributed by atoms with E-state index in [2.05, 4.69) is 20.3 Å². The maximum absolute atomic E-state index is 4.39. The zero-order valence-electron chi connectivity index (χ0n) is 9.44. The van der Waals surface area contributed by atoms with Gasteiger partial charge in [0, 0.05) is 18.9 Å². The topological polar surface area (TPSA) is 50.7 Å². The Kier molecular flexibility index (Phi) is 3.10. The van der Waals surface area contributed by atoms with Crippen LogP contribution in [0.15, 0.2) is 30.7 Å². The largest absolute Gasteiger partial charge is 0.365 e. The summed E-state index contributed by atoms with van der Waals surface area (Å²) in [5.41, 5.74) is 3.05. The Morgan fingerprint density at radius 1 is 1.19 bits per heavy atom. The van der Waals surface area contributed by atoms with Crippen molar-refractivity contribution in [3.8, 4) is 0 Å². The smallest absolute Gasteiger partial charge is 0.145 e. The highest BCUT2D eigenvalue weighted by Crippen LogP contribution is 2.07. The lowest BCUT2D eigenvalue weighted by molar-refractivity contribution is 1.01. The van der Waals surface area contributed by atoms with Crippen LogP contribution in [0.4, 0.5) is 5.82 Å². The lowest BCUT2D eigenvalue weighted by Crippen LogP contribution is -2.04. The molecule has 0 saturated carbocycles. The summed E-state index contributed by atoms with van der Waals surface area (Å²) < 4.78 is 0. The number of aromatic nitrogens is 3. The number of hydrogen-bond donors (Lipinski definition) is 1. The van der Waals surface area contributed by atoms with Crippen molar-refractivity contribution in [3.05, 3.63) is 47.7 Å². The summed E-state index contributed by atoms with van der Waals surface area (Å²) in [4.78, 5) is 12.7. The molecule has 4 nitrogen and oxygen atoms in total. The van der Waals surface area contributed by atoms with E-state index in [9.17, 15) is 0 Å². The van der Waals surface area contributed by atoms with Crippen LogP contribution in [-0.4, -0.2) is 15.0 Å². The Bertz CT molecular complexity index is 468. The van der Waals surface area contributed by atoms with Crippen molar-refractivity contribution in [2.75, 3.05) is 5.32 Å². The van der Waals surface area contributed by atoms with Gasteiger partial charge in [-0.25, -0.2) is 4.98 Å². The first-order valence-electron chi connectivity index (χ1n) is 5.19. The summed E-state index contributed by atoms with van der Waals surface area (Å²) in [6, 6.07) is 3.94. The standard InChI is InChI=1S/C12H14N4/c1-9-10(2)16-12(8-14-9)15-7-11-4-3-5-13-6-11/h3-6,8H,7H2,1-2H3,(H,15,16). The Morgan fingerprint density at radius 2 is 2.06 bits per heavy atom. The number of anilines is 1. The number of rotatable bonds is 3. The second-order valence-corrected chi connectivity index (χ2v) is 3.64. The number of hydrogen-bond acceptors (Lipinski definition) is 4. The fraction of sp³-hybridized carbons (Fsp3) is 0.250. The highest BCUT2D eigenvalue weighted by Gasteiger charge is 1.99. The minimum absolute atomic E-state index is 0.713. The van der Waals surface area contributed by atoms with Gasteiger partial charge in [-0.15, -0.1) is 0 Å². The van der Waals surface area contributed by atoms with E-state index in [0.29, 0.717) is 6.54 Å². The Morgan fingerprint density at radius 3 is 2.75 bits per heavy atom. The number of nitrogens with zero attached hydrogens (tertiary/aromatic N) is 3. The molecule has 0 saturated heterocycles. The normalized spacial score (nSPS) is 10.1. The molecule has 82 valence electrons. The van der Waals surface area contributed by atoms with Crippen molar-refractivity contribution in [3.63, 3.8) is 0 Å². The summed E-state index contributed by atoms with van der Waals surface area (Å²) in [6.07, 6.45) is 5.35. The molecule has 0 aromatic carbocycles. The molecular weight excluding hydrogens is 200 g/mol. The number of nitrogens with one attached hydrogen (secondary N) is 1. The molecule has 0 unspecified atom stereocenters. The summed E-state index contributed by atoms with van der Waals surface area (Å²) in [6.45, 7) is 4.62. The maximum atomic E-state index is 4.39. The Labute approximate surface area is 94.8 Å². The average Bonchev–Trinajstić information content (AvgIpc) is 2.32. The van der Waals surface area contributed by atoms with Gasteiger partial charge in [0.15, 0.2) is 0 Å². The van der Waals surface area contributed by atoms with Gasteiger partial charge in [0.25, 0.3) is 0 Å². The van der Waals surface area contributed by atoms with E-state index in [-0.39, 0.29) is 0 Å². The molecule has 0 bridgehead atoms. The zero-order valence-corrected chi connectivity index (χ0v) is 9.44. The van der Waals surface area contributed by atoms with Crippen LogP contribution in [0, 0.1) is 13.8 Å². The quantitative estimate of drug-likeness (QED) is 0.850. The molecule has 2 aromatic rings. The number of pyridine rings is 1. The lowest BCUT2D eigenvalue weighted by atomic mass is 10.3.